The number of para-hydroxylation sites is 1. The van der Waals surface area contributed by atoms with Crippen LogP contribution in [-0.2, 0) is 9.59 Å². The molecule has 0 spiro atoms. The van der Waals surface area contributed by atoms with E-state index in [0.29, 0.717) is 21.3 Å². The lowest BCUT2D eigenvalue weighted by atomic mass is 10.2. The maximum Gasteiger partial charge on any atom is 0.246 e. The van der Waals surface area contributed by atoms with Gasteiger partial charge in [-0.25, -0.2) is 0 Å². The van der Waals surface area contributed by atoms with E-state index in [2.05, 4.69) is 21.2 Å². The molecule has 2 aromatic carbocycles. The monoisotopic (exact) mass is 440 g/mol. The number of nitrogens with one attached hydrogen (secondary N) is 1. The maximum absolute atomic E-state index is 12.1. The van der Waals surface area contributed by atoms with Gasteiger partial charge >= 0.3 is 0 Å². The van der Waals surface area contributed by atoms with E-state index in [1.807, 2.05) is 18.2 Å². The first-order valence-electron chi connectivity index (χ1n) is 7.30. The highest BCUT2D eigenvalue weighted by Gasteiger charge is 2.12. The van der Waals surface area contributed by atoms with Gasteiger partial charge in [0, 0.05) is 17.6 Å². The molecule has 25 heavy (non-hydrogen) atoms. The molecule has 0 heterocycles. The van der Waals surface area contributed by atoms with Gasteiger partial charge in [0.25, 0.3) is 0 Å². The Kier molecular flexibility index (Phi) is 7.05. The van der Waals surface area contributed by atoms with Crippen molar-refractivity contribution in [1.29, 1.82) is 0 Å². The van der Waals surface area contributed by atoms with E-state index in [9.17, 15) is 9.59 Å². The number of rotatable bonds is 5. The van der Waals surface area contributed by atoms with E-state index in [-0.39, 0.29) is 18.4 Å². The molecule has 1 N–H and O–H groups in total. The SMILES string of the molecule is CN(CC(=O)Nc1ccccc1Br)C(=O)/C=C/c1cccc(Cl)c1Cl. The molecule has 0 radical (unpaired) electrons. The van der Waals surface area contributed by atoms with Crippen molar-refractivity contribution >= 4 is 62.7 Å². The second-order valence-electron chi connectivity index (χ2n) is 5.20. The van der Waals surface area contributed by atoms with Crippen molar-refractivity contribution in [1.82, 2.24) is 4.90 Å². The summed E-state index contributed by atoms with van der Waals surface area (Å²) in [6.07, 6.45) is 2.92. The number of anilines is 1. The number of carbonyl (C=O) groups is 2. The van der Waals surface area contributed by atoms with Gasteiger partial charge in [0.05, 0.1) is 22.3 Å². The van der Waals surface area contributed by atoms with E-state index in [1.165, 1.54) is 11.0 Å². The molecule has 4 nitrogen and oxygen atoms in total. The number of benzene rings is 2. The highest BCUT2D eigenvalue weighted by atomic mass is 79.9. The first kappa shape index (κ1) is 19.5. The second-order valence-corrected chi connectivity index (χ2v) is 6.84. The van der Waals surface area contributed by atoms with E-state index in [4.69, 9.17) is 23.2 Å². The minimum Gasteiger partial charge on any atom is -0.333 e. The van der Waals surface area contributed by atoms with Crippen molar-refractivity contribution in [3.63, 3.8) is 0 Å². The summed E-state index contributed by atoms with van der Waals surface area (Å²) in [4.78, 5) is 25.5. The zero-order valence-corrected chi connectivity index (χ0v) is 16.4. The van der Waals surface area contributed by atoms with Crippen LogP contribution in [0, 0.1) is 0 Å². The number of halogens is 3. The summed E-state index contributed by atoms with van der Waals surface area (Å²) in [7, 11) is 1.55. The average molecular weight is 442 g/mol. The molecule has 0 aliphatic rings. The van der Waals surface area contributed by atoms with Crippen molar-refractivity contribution in [3.8, 4) is 0 Å². The summed E-state index contributed by atoms with van der Waals surface area (Å²) >= 11 is 15.4. The normalized spacial score (nSPS) is 10.7. The van der Waals surface area contributed by atoms with Crippen molar-refractivity contribution in [2.75, 3.05) is 18.9 Å². The highest BCUT2D eigenvalue weighted by molar-refractivity contribution is 9.10. The van der Waals surface area contributed by atoms with Gasteiger partial charge in [-0.15, -0.1) is 0 Å². The number of amides is 2. The van der Waals surface area contributed by atoms with E-state index >= 15 is 0 Å². The number of hydrogen-bond donors (Lipinski definition) is 1. The fraction of sp³-hybridized carbons (Fsp3) is 0.111. The van der Waals surface area contributed by atoms with Crippen LogP contribution in [0.2, 0.25) is 10.0 Å². The first-order valence-corrected chi connectivity index (χ1v) is 8.85. The third-order valence-corrected chi connectivity index (χ3v) is 4.82. The Bertz CT molecular complexity index is 824. The maximum atomic E-state index is 12.1. The van der Waals surface area contributed by atoms with Crippen LogP contribution in [0.25, 0.3) is 6.08 Å². The van der Waals surface area contributed by atoms with Crippen LogP contribution in [0.15, 0.2) is 53.0 Å². The quantitative estimate of drug-likeness (QED) is 0.673. The largest absolute Gasteiger partial charge is 0.333 e. The van der Waals surface area contributed by atoms with Crippen LogP contribution in [0.3, 0.4) is 0 Å². The molecule has 0 saturated heterocycles. The molecule has 0 aliphatic heterocycles. The van der Waals surface area contributed by atoms with Gasteiger partial charge in [-0.1, -0.05) is 47.5 Å². The smallest absolute Gasteiger partial charge is 0.246 e. The van der Waals surface area contributed by atoms with Crippen LogP contribution in [0.4, 0.5) is 5.69 Å². The Labute approximate surface area is 164 Å². The van der Waals surface area contributed by atoms with Crippen LogP contribution in [-0.4, -0.2) is 30.3 Å². The lowest BCUT2D eigenvalue weighted by Gasteiger charge is -2.15. The Morgan fingerprint density at radius 1 is 1.16 bits per heavy atom. The van der Waals surface area contributed by atoms with Crippen LogP contribution < -0.4 is 5.32 Å². The minimum atomic E-state index is -0.321. The summed E-state index contributed by atoms with van der Waals surface area (Å²) < 4.78 is 0.771. The van der Waals surface area contributed by atoms with Gasteiger partial charge in [0.2, 0.25) is 11.8 Å². The van der Waals surface area contributed by atoms with Crippen molar-refractivity contribution in [2.24, 2.45) is 0 Å². The molecule has 2 aromatic rings. The van der Waals surface area contributed by atoms with E-state index in [1.54, 1.807) is 37.4 Å². The van der Waals surface area contributed by atoms with Crippen molar-refractivity contribution < 1.29 is 9.59 Å². The molecule has 0 saturated carbocycles. The first-order chi connectivity index (χ1) is 11.9. The molecule has 2 amide bonds. The molecule has 0 bridgehead atoms. The zero-order chi connectivity index (χ0) is 18.4. The van der Waals surface area contributed by atoms with Gasteiger partial charge in [-0.3, -0.25) is 9.59 Å². The molecular formula is C18H15BrCl2N2O2. The molecule has 0 aliphatic carbocycles. The fourth-order valence-corrected chi connectivity index (χ4v) is 2.74. The Hall–Kier alpha value is -1.82. The van der Waals surface area contributed by atoms with E-state index < -0.39 is 0 Å². The topological polar surface area (TPSA) is 49.4 Å². The van der Waals surface area contributed by atoms with Crippen LogP contribution in [0.5, 0.6) is 0 Å². The molecule has 0 atom stereocenters. The minimum absolute atomic E-state index is 0.0756. The molecule has 0 unspecified atom stereocenters. The van der Waals surface area contributed by atoms with Crippen LogP contribution in [0.1, 0.15) is 5.56 Å². The summed E-state index contributed by atoms with van der Waals surface area (Å²) in [6, 6.07) is 12.4. The average Bonchev–Trinajstić information content (AvgIpc) is 2.58. The lowest BCUT2D eigenvalue weighted by molar-refractivity contribution is -0.129. The predicted octanol–water partition coefficient (Wildman–Crippen LogP) is 4.87. The Morgan fingerprint density at radius 3 is 2.60 bits per heavy atom. The summed E-state index contributed by atoms with van der Waals surface area (Å²) in [5, 5.41) is 3.54. The highest BCUT2D eigenvalue weighted by Crippen LogP contribution is 2.26. The third kappa shape index (κ3) is 5.59. The number of hydrogen-bond acceptors (Lipinski definition) is 2. The summed E-state index contributed by atoms with van der Waals surface area (Å²) in [5.74, 6) is -0.616. The van der Waals surface area contributed by atoms with Gasteiger partial charge in [-0.05, 0) is 45.8 Å². The fourth-order valence-electron chi connectivity index (χ4n) is 1.98. The van der Waals surface area contributed by atoms with Gasteiger partial charge in [-0.2, -0.15) is 0 Å². The van der Waals surface area contributed by atoms with Crippen molar-refractivity contribution in [3.05, 3.63) is 68.6 Å². The second kappa shape index (κ2) is 9.04. The molecule has 2 rings (SSSR count). The Morgan fingerprint density at radius 2 is 1.88 bits per heavy atom. The molecule has 0 aromatic heterocycles. The van der Waals surface area contributed by atoms with Gasteiger partial charge < -0.3 is 10.2 Å². The summed E-state index contributed by atoms with van der Waals surface area (Å²) in [6.45, 7) is -0.0756. The number of likely N-dealkylation sites (N-methyl/N-ethyl adjacent to an activating group) is 1. The third-order valence-electron chi connectivity index (χ3n) is 3.29. The summed E-state index contributed by atoms with van der Waals surface area (Å²) in [5.41, 5.74) is 1.28. The Balaban J connectivity index is 1.96. The number of carbonyl (C=O) groups excluding carboxylic acids is 2. The van der Waals surface area contributed by atoms with Gasteiger partial charge in [0.1, 0.15) is 0 Å². The standard InChI is InChI=1S/C18H15BrCl2N2O2/c1-23(11-16(24)22-15-8-3-2-6-13(15)19)17(25)10-9-12-5-4-7-14(20)18(12)21/h2-10H,11H2,1H3,(H,22,24)/b10-9+. The van der Waals surface area contributed by atoms with E-state index in [0.717, 1.165) is 4.47 Å². The molecule has 0 fully saturated rings. The zero-order valence-electron chi connectivity index (χ0n) is 13.3. The number of nitrogens with zero attached hydrogens (tertiary/aromatic N) is 1. The van der Waals surface area contributed by atoms with Gasteiger partial charge in [0.15, 0.2) is 0 Å². The molecule has 130 valence electrons. The van der Waals surface area contributed by atoms with Crippen molar-refractivity contribution in [2.45, 2.75) is 0 Å². The lowest BCUT2D eigenvalue weighted by Crippen LogP contribution is -2.33. The van der Waals surface area contributed by atoms with Crippen LogP contribution >= 0.6 is 39.1 Å². The molecule has 7 heteroatoms. The molecular weight excluding hydrogens is 427 g/mol. The predicted molar refractivity (Wildman–Crippen MR) is 106 cm³/mol.